The Kier molecular flexibility index (Phi) is 4.12. The molecule has 0 aliphatic carbocycles. The van der Waals surface area contributed by atoms with E-state index in [1.54, 1.807) is 17.0 Å². The van der Waals surface area contributed by atoms with Crippen molar-refractivity contribution >= 4 is 23.3 Å². The lowest BCUT2D eigenvalue weighted by atomic mass is 10.2. The third-order valence-corrected chi connectivity index (χ3v) is 2.11. The lowest BCUT2D eigenvalue weighted by Gasteiger charge is -2.14. The van der Waals surface area contributed by atoms with E-state index in [9.17, 15) is 4.79 Å². The van der Waals surface area contributed by atoms with Crippen LogP contribution in [0.15, 0.2) is 12.1 Å². The molecule has 4 nitrogen and oxygen atoms in total. The minimum Gasteiger partial charge on any atom is -0.363 e. The van der Waals surface area contributed by atoms with E-state index < -0.39 is 0 Å². The van der Waals surface area contributed by atoms with Crippen molar-refractivity contribution in [3.05, 3.63) is 22.8 Å². The van der Waals surface area contributed by atoms with Crippen LogP contribution in [0.4, 0.5) is 5.82 Å². The average molecular weight is 242 g/mol. The Bertz CT molecular complexity index is 391. The highest BCUT2D eigenvalue weighted by atomic mass is 35.5. The van der Waals surface area contributed by atoms with Gasteiger partial charge < -0.3 is 10.2 Å². The second-order valence-electron chi connectivity index (χ2n) is 4.06. The summed E-state index contributed by atoms with van der Waals surface area (Å²) in [5, 5.41) is 3.13. The molecule has 1 aromatic heterocycles. The summed E-state index contributed by atoms with van der Waals surface area (Å²) in [6, 6.07) is 3.37. The normalized spacial score (nSPS) is 10.4. The zero-order chi connectivity index (χ0) is 12.3. The number of pyridine rings is 1. The molecule has 16 heavy (non-hydrogen) atoms. The van der Waals surface area contributed by atoms with Crippen LogP contribution in [0, 0.1) is 0 Å². The highest BCUT2D eigenvalue weighted by Crippen LogP contribution is 2.16. The van der Waals surface area contributed by atoms with Gasteiger partial charge in [0.05, 0.1) is 0 Å². The molecule has 0 saturated carbocycles. The zero-order valence-electron chi connectivity index (χ0n) is 9.91. The maximum absolute atomic E-state index is 11.8. The number of nitrogens with zero attached hydrogens (tertiary/aromatic N) is 2. The third kappa shape index (κ3) is 3.38. The summed E-state index contributed by atoms with van der Waals surface area (Å²) in [6.07, 6.45) is 0. The van der Waals surface area contributed by atoms with Gasteiger partial charge in [0.1, 0.15) is 11.0 Å². The minimum absolute atomic E-state index is 0.0993. The predicted molar refractivity (Wildman–Crippen MR) is 66.2 cm³/mol. The van der Waals surface area contributed by atoms with Crippen molar-refractivity contribution in [2.45, 2.75) is 19.9 Å². The molecule has 0 saturated heterocycles. The van der Waals surface area contributed by atoms with Crippen LogP contribution in [0.5, 0.6) is 0 Å². The first-order valence-corrected chi connectivity index (χ1v) is 5.43. The van der Waals surface area contributed by atoms with Gasteiger partial charge in [-0.3, -0.25) is 4.79 Å². The van der Waals surface area contributed by atoms with Gasteiger partial charge in [0.15, 0.2) is 0 Å². The summed E-state index contributed by atoms with van der Waals surface area (Å²) in [5.74, 6) is 0.531. The highest BCUT2D eigenvalue weighted by molar-refractivity contribution is 6.29. The quantitative estimate of drug-likeness (QED) is 0.823. The Labute approximate surface area is 101 Å². The molecule has 0 aliphatic rings. The van der Waals surface area contributed by atoms with E-state index in [4.69, 9.17) is 11.6 Å². The molecule has 1 aromatic rings. The number of aromatic nitrogens is 1. The molecule has 0 bridgehead atoms. The molecule has 1 amide bonds. The van der Waals surface area contributed by atoms with Gasteiger partial charge >= 0.3 is 0 Å². The number of carbonyl (C=O) groups is 1. The van der Waals surface area contributed by atoms with Crippen molar-refractivity contribution < 1.29 is 4.79 Å². The van der Waals surface area contributed by atoms with E-state index in [1.165, 1.54) is 0 Å². The standard InChI is InChI=1S/C11H16ClN3O/c1-7(2)13-11(16)8-5-9(12)14-10(6-8)15(3)4/h5-7H,1-4H3,(H,13,16). The molecule has 0 aromatic carbocycles. The van der Waals surface area contributed by atoms with Crippen LogP contribution in [-0.2, 0) is 0 Å². The SMILES string of the molecule is CC(C)NC(=O)c1cc(Cl)nc(N(C)C)c1. The van der Waals surface area contributed by atoms with E-state index in [1.807, 2.05) is 27.9 Å². The number of carbonyl (C=O) groups excluding carboxylic acids is 1. The molecule has 5 heteroatoms. The van der Waals surface area contributed by atoms with Crippen LogP contribution in [0.25, 0.3) is 0 Å². The van der Waals surface area contributed by atoms with Gasteiger partial charge in [-0.05, 0) is 26.0 Å². The Balaban J connectivity index is 3.00. The third-order valence-electron chi connectivity index (χ3n) is 1.92. The van der Waals surface area contributed by atoms with Crippen molar-refractivity contribution in [2.24, 2.45) is 0 Å². The van der Waals surface area contributed by atoms with Gasteiger partial charge in [0, 0.05) is 25.7 Å². The molecule has 1 N–H and O–H groups in total. The molecule has 0 fully saturated rings. The van der Waals surface area contributed by atoms with Gasteiger partial charge in [-0.25, -0.2) is 4.98 Å². The van der Waals surface area contributed by atoms with Gasteiger partial charge in [-0.15, -0.1) is 0 Å². The number of hydrogen-bond donors (Lipinski definition) is 1. The second kappa shape index (κ2) is 5.16. The first kappa shape index (κ1) is 12.8. The summed E-state index contributed by atoms with van der Waals surface area (Å²) >= 11 is 5.86. The van der Waals surface area contributed by atoms with Gasteiger partial charge in [0.2, 0.25) is 0 Å². The van der Waals surface area contributed by atoms with Crippen molar-refractivity contribution in [3.8, 4) is 0 Å². The average Bonchev–Trinajstić information content (AvgIpc) is 2.15. The van der Waals surface area contributed by atoms with Crippen LogP contribution in [-0.4, -0.2) is 31.0 Å². The maximum atomic E-state index is 11.8. The molecule has 0 spiro atoms. The number of nitrogens with one attached hydrogen (secondary N) is 1. The Morgan fingerprint density at radius 3 is 2.56 bits per heavy atom. The van der Waals surface area contributed by atoms with Crippen LogP contribution < -0.4 is 10.2 Å². The Hall–Kier alpha value is -1.29. The van der Waals surface area contributed by atoms with E-state index in [0.717, 1.165) is 0 Å². The highest BCUT2D eigenvalue weighted by Gasteiger charge is 2.10. The number of anilines is 1. The largest absolute Gasteiger partial charge is 0.363 e. The fraction of sp³-hybridized carbons (Fsp3) is 0.455. The molecule has 1 heterocycles. The second-order valence-corrected chi connectivity index (χ2v) is 4.45. The van der Waals surface area contributed by atoms with Crippen molar-refractivity contribution in [2.75, 3.05) is 19.0 Å². The fourth-order valence-electron chi connectivity index (χ4n) is 1.19. The Morgan fingerprint density at radius 2 is 2.06 bits per heavy atom. The molecule has 0 aliphatic heterocycles. The van der Waals surface area contributed by atoms with Gasteiger partial charge in [-0.1, -0.05) is 11.6 Å². The van der Waals surface area contributed by atoms with Crippen LogP contribution in [0.2, 0.25) is 5.15 Å². The van der Waals surface area contributed by atoms with E-state index in [0.29, 0.717) is 16.5 Å². The molecule has 1 rings (SSSR count). The van der Waals surface area contributed by atoms with Crippen LogP contribution in [0.3, 0.4) is 0 Å². The first-order valence-electron chi connectivity index (χ1n) is 5.06. The lowest BCUT2D eigenvalue weighted by Crippen LogP contribution is -2.30. The summed E-state index contributed by atoms with van der Waals surface area (Å²) in [6.45, 7) is 3.82. The molecule has 88 valence electrons. The van der Waals surface area contributed by atoms with Crippen molar-refractivity contribution in [1.29, 1.82) is 0 Å². The molecule has 0 unspecified atom stereocenters. The van der Waals surface area contributed by atoms with Crippen molar-refractivity contribution in [3.63, 3.8) is 0 Å². The molecular formula is C11H16ClN3O. The number of amides is 1. The maximum Gasteiger partial charge on any atom is 0.251 e. The minimum atomic E-state index is -0.137. The zero-order valence-corrected chi connectivity index (χ0v) is 10.7. The number of rotatable bonds is 3. The van der Waals surface area contributed by atoms with E-state index >= 15 is 0 Å². The summed E-state index contributed by atoms with van der Waals surface area (Å²) < 4.78 is 0. The molecule has 0 atom stereocenters. The van der Waals surface area contributed by atoms with Gasteiger partial charge in [0.25, 0.3) is 5.91 Å². The van der Waals surface area contributed by atoms with Crippen LogP contribution in [0.1, 0.15) is 24.2 Å². The summed E-state index contributed by atoms with van der Waals surface area (Å²) in [7, 11) is 3.70. The summed E-state index contributed by atoms with van der Waals surface area (Å²) in [4.78, 5) is 17.7. The summed E-state index contributed by atoms with van der Waals surface area (Å²) in [5.41, 5.74) is 0.525. The monoisotopic (exact) mass is 241 g/mol. The van der Waals surface area contributed by atoms with E-state index in [-0.39, 0.29) is 11.9 Å². The molecular weight excluding hydrogens is 226 g/mol. The van der Waals surface area contributed by atoms with Gasteiger partial charge in [-0.2, -0.15) is 0 Å². The van der Waals surface area contributed by atoms with Crippen molar-refractivity contribution in [1.82, 2.24) is 10.3 Å². The predicted octanol–water partition coefficient (Wildman–Crippen LogP) is 1.94. The number of hydrogen-bond acceptors (Lipinski definition) is 3. The fourth-order valence-corrected chi connectivity index (χ4v) is 1.39. The van der Waals surface area contributed by atoms with E-state index in [2.05, 4.69) is 10.3 Å². The number of halogens is 1. The van der Waals surface area contributed by atoms with Crippen LogP contribution >= 0.6 is 11.6 Å². The first-order chi connectivity index (χ1) is 7.40. The Morgan fingerprint density at radius 1 is 1.44 bits per heavy atom. The lowest BCUT2D eigenvalue weighted by molar-refractivity contribution is 0.0943. The molecule has 0 radical (unpaired) electrons. The topological polar surface area (TPSA) is 45.2 Å². The smallest absolute Gasteiger partial charge is 0.251 e.